The second-order valence-corrected chi connectivity index (χ2v) is 12.7. The van der Waals surface area contributed by atoms with E-state index in [9.17, 15) is 13.2 Å². The monoisotopic (exact) mass is 559 g/mol. The number of nitrogens with zero attached hydrogens (tertiary/aromatic N) is 3. The number of piperidine rings is 1. The first-order chi connectivity index (χ1) is 18.2. The Hall–Kier alpha value is -2.93. The Kier molecular flexibility index (Phi) is 7.75. The van der Waals surface area contributed by atoms with Crippen LogP contribution in [0.4, 0.5) is 5.82 Å². The van der Waals surface area contributed by atoms with Crippen molar-refractivity contribution in [1.29, 1.82) is 0 Å². The first-order valence-electron chi connectivity index (χ1n) is 12.7. The highest BCUT2D eigenvalue weighted by atomic mass is 32.2. The lowest BCUT2D eigenvalue weighted by molar-refractivity contribution is -0.134. The number of pyridine rings is 1. The zero-order chi connectivity index (χ0) is 26.9. The van der Waals surface area contributed by atoms with E-state index < -0.39 is 16.3 Å². The molecule has 5 rings (SSSR count). The maximum atomic E-state index is 13.7. The Labute approximate surface area is 226 Å². The maximum absolute atomic E-state index is 13.7. The van der Waals surface area contributed by atoms with E-state index in [4.69, 9.17) is 15.2 Å². The van der Waals surface area contributed by atoms with Crippen LogP contribution in [0.2, 0.25) is 0 Å². The molecule has 4 heterocycles. The van der Waals surface area contributed by atoms with Crippen molar-refractivity contribution in [2.24, 2.45) is 5.92 Å². The van der Waals surface area contributed by atoms with Crippen molar-refractivity contribution in [3.05, 3.63) is 47.0 Å². The van der Waals surface area contributed by atoms with Gasteiger partial charge in [-0.15, -0.1) is 11.3 Å². The average Bonchev–Trinajstić information content (AvgIpc) is 3.19. The predicted octanol–water partition coefficient (Wildman–Crippen LogP) is 2.79. The molecule has 2 aromatic heterocycles. The molecule has 12 heteroatoms. The number of hydrogen-bond acceptors (Lipinski definition) is 8. The van der Waals surface area contributed by atoms with Gasteiger partial charge in [-0.25, -0.2) is 4.98 Å². The third-order valence-electron chi connectivity index (χ3n) is 7.17. The Morgan fingerprint density at radius 2 is 2.05 bits per heavy atom. The van der Waals surface area contributed by atoms with E-state index in [0.717, 1.165) is 27.8 Å². The summed E-state index contributed by atoms with van der Waals surface area (Å²) in [4.78, 5) is 20.5. The Balaban J connectivity index is 1.41. The van der Waals surface area contributed by atoms with Crippen LogP contribution in [0.15, 0.2) is 36.5 Å². The first kappa shape index (κ1) is 26.7. The fourth-order valence-electron chi connectivity index (χ4n) is 4.90. The number of benzene rings is 1. The van der Waals surface area contributed by atoms with E-state index in [2.05, 4.69) is 16.6 Å². The topological polar surface area (TPSA) is 127 Å². The van der Waals surface area contributed by atoms with E-state index >= 15 is 0 Å². The van der Waals surface area contributed by atoms with Gasteiger partial charge in [0.25, 0.3) is 10.2 Å². The number of methoxy groups -OCH3 is 1. The van der Waals surface area contributed by atoms with Crippen molar-refractivity contribution in [3.63, 3.8) is 0 Å². The van der Waals surface area contributed by atoms with Crippen LogP contribution < -0.4 is 19.9 Å². The lowest BCUT2D eigenvalue weighted by Crippen LogP contribution is -2.54. The number of nitrogens with two attached hydrogens (primary N) is 1. The van der Waals surface area contributed by atoms with Crippen LogP contribution in [0.3, 0.4) is 0 Å². The normalized spacial score (nSPS) is 18.0. The van der Waals surface area contributed by atoms with Crippen LogP contribution in [0.1, 0.15) is 30.2 Å². The number of fused-ring (bicyclic) bond motifs is 2. The molecular formula is C26H33N5O5S2. The number of anilines is 1. The molecule has 1 aromatic carbocycles. The number of rotatable bonds is 7. The van der Waals surface area contributed by atoms with E-state index in [1.54, 1.807) is 36.4 Å². The zero-order valence-electron chi connectivity index (χ0n) is 21.6. The fraction of sp³-hybridized carbons (Fsp3) is 0.462. The molecule has 0 spiro atoms. The van der Waals surface area contributed by atoms with Crippen molar-refractivity contribution in [2.75, 3.05) is 39.1 Å². The van der Waals surface area contributed by atoms with Crippen LogP contribution in [0.25, 0.3) is 10.1 Å². The lowest BCUT2D eigenvalue weighted by Gasteiger charge is -2.33. The van der Waals surface area contributed by atoms with Crippen LogP contribution >= 0.6 is 11.3 Å². The highest BCUT2D eigenvalue weighted by molar-refractivity contribution is 7.87. The van der Waals surface area contributed by atoms with Gasteiger partial charge in [0.2, 0.25) is 5.91 Å². The number of likely N-dealkylation sites (tertiary alicyclic amines) is 1. The standard InChI is InChI=1S/C26H33N5O5S2/c1-17-6-9-30(10-7-17)26(32)22(15-20-14-21-24(37-20)5-8-28-25(21)27)29-38(33,34)31-11-12-36-23-4-3-19(35-2)13-18(23)16-31/h3-5,8,13-14,17,22,29H,6-7,9-12,15-16H2,1-2H3,(H2,27,28). The summed E-state index contributed by atoms with van der Waals surface area (Å²) in [6.07, 6.45) is 3.67. The van der Waals surface area contributed by atoms with Crippen molar-refractivity contribution in [2.45, 2.75) is 38.8 Å². The number of nitrogen functional groups attached to an aromatic ring is 1. The van der Waals surface area contributed by atoms with Crippen LogP contribution in [0, 0.1) is 5.92 Å². The molecule has 0 saturated carbocycles. The van der Waals surface area contributed by atoms with Gasteiger partial charge in [0.05, 0.1) is 7.11 Å². The predicted molar refractivity (Wildman–Crippen MR) is 147 cm³/mol. The van der Waals surface area contributed by atoms with Crippen molar-refractivity contribution in [1.82, 2.24) is 18.9 Å². The smallest absolute Gasteiger partial charge is 0.280 e. The van der Waals surface area contributed by atoms with E-state index in [1.807, 2.05) is 12.1 Å². The quantitative estimate of drug-likeness (QED) is 0.456. The van der Waals surface area contributed by atoms with Gasteiger partial charge in [0.1, 0.15) is 30.0 Å². The zero-order valence-corrected chi connectivity index (χ0v) is 23.2. The molecule has 2 aliphatic heterocycles. The molecule has 0 bridgehead atoms. The van der Waals surface area contributed by atoms with Gasteiger partial charge in [0, 0.05) is 59.3 Å². The molecule has 1 atom stereocenters. The van der Waals surface area contributed by atoms with Gasteiger partial charge in [-0.1, -0.05) is 6.92 Å². The maximum Gasteiger partial charge on any atom is 0.280 e. The summed E-state index contributed by atoms with van der Waals surface area (Å²) in [6.45, 7) is 3.87. The van der Waals surface area contributed by atoms with Crippen LogP contribution in [-0.4, -0.2) is 67.9 Å². The summed E-state index contributed by atoms with van der Waals surface area (Å²) in [5.74, 6) is 1.98. The summed E-state index contributed by atoms with van der Waals surface area (Å²) in [6, 6.07) is 8.15. The SMILES string of the molecule is COc1ccc2c(c1)CN(S(=O)(=O)NC(Cc1cc3c(N)nccc3s1)C(=O)N1CCC(C)CC1)CCO2. The summed E-state index contributed by atoms with van der Waals surface area (Å²) < 4.78 is 43.5. The number of thiophene rings is 1. The molecule has 3 aromatic rings. The van der Waals surface area contributed by atoms with E-state index in [0.29, 0.717) is 41.9 Å². The van der Waals surface area contributed by atoms with Crippen molar-refractivity contribution < 1.29 is 22.7 Å². The fourth-order valence-corrected chi connectivity index (χ4v) is 7.33. The molecule has 1 amide bonds. The number of carbonyl (C=O) groups excluding carboxylic acids is 1. The number of aromatic nitrogens is 1. The molecule has 38 heavy (non-hydrogen) atoms. The van der Waals surface area contributed by atoms with Crippen molar-refractivity contribution >= 4 is 43.4 Å². The summed E-state index contributed by atoms with van der Waals surface area (Å²) >= 11 is 1.49. The number of ether oxygens (including phenoxy) is 2. The molecule has 1 saturated heterocycles. The van der Waals surface area contributed by atoms with Gasteiger partial charge in [-0.05, 0) is 49.1 Å². The molecule has 10 nitrogen and oxygen atoms in total. The number of carbonyl (C=O) groups is 1. The Morgan fingerprint density at radius 1 is 1.26 bits per heavy atom. The highest BCUT2D eigenvalue weighted by Crippen LogP contribution is 2.31. The number of hydrogen-bond donors (Lipinski definition) is 2. The van der Waals surface area contributed by atoms with Crippen LogP contribution in [0.5, 0.6) is 11.5 Å². The molecule has 0 radical (unpaired) electrons. The third kappa shape index (κ3) is 5.73. The van der Waals surface area contributed by atoms with Gasteiger partial charge in [0.15, 0.2) is 0 Å². The minimum atomic E-state index is -4.04. The molecule has 204 valence electrons. The number of nitrogens with one attached hydrogen (secondary N) is 1. The molecular weight excluding hydrogens is 526 g/mol. The summed E-state index contributed by atoms with van der Waals surface area (Å²) in [5, 5.41) is 0.809. The summed E-state index contributed by atoms with van der Waals surface area (Å²) in [5.41, 5.74) is 6.75. The van der Waals surface area contributed by atoms with E-state index in [1.165, 1.54) is 15.6 Å². The largest absolute Gasteiger partial charge is 0.497 e. The minimum Gasteiger partial charge on any atom is -0.497 e. The first-order valence-corrected chi connectivity index (χ1v) is 15.0. The molecule has 1 fully saturated rings. The second-order valence-electron chi connectivity index (χ2n) is 9.86. The lowest BCUT2D eigenvalue weighted by atomic mass is 9.98. The average molecular weight is 560 g/mol. The third-order valence-corrected chi connectivity index (χ3v) is 9.87. The van der Waals surface area contributed by atoms with Gasteiger partial charge in [-0.2, -0.15) is 17.4 Å². The van der Waals surface area contributed by atoms with E-state index in [-0.39, 0.29) is 32.0 Å². The van der Waals surface area contributed by atoms with Crippen LogP contribution in [-0.2, 0) is 28.0 Å². The van der Waals surface area contributed by atoms with Crippen molar-refractivity contribution in [3.8, 4) is 11.5 Å². The highest BCUT2D eigenvalue weighted by Gasteiger charge is 2.34. The Morgan fingerprint density at radius 3 is 2.79 bits per heavy atom. The Bertz CT molecular complexity index is 1420. The molecule has 2 aliphatic rings. The number of amides is 1. The molecule has 1 unspecified atom stereocenters. The van der Waals surface area contributed by atoms with Gasteiger partial charge >= 0.3 is 0 Å². The molecule has 3 N–H and O–H groups in total. The van der Waals surface area contributed by atoms with Gasteiger partial charge in [-0.3, -0.25) is 4.79 Å². The second kappa shape index (κ2) is 11.0. The summed E-state index contributed by atoms with van der Waals surface area (Å²) in [7, 11) is -2.48. The minimum absolute atomic E-state index is 0.106. The van der Waals surface area contributed by atoms with Gasteiger partial charge < -0.3 is 20.1 Å². The molecule has 0 aliphatic carbocycles.